The number of nitrogens with one attached hydrogen (secondary N) is 1. The lowest BCUT2D eigenvalue weighted by Crippen LogP contribution is -2.54. The van der Waals surface area contributed by atoms with Gasteiger partial charge in [-0.3, -0.25) is 13.9 Å². The van der Waals surface area contributed by atoms with Gasteiger partial charge in [0.2, 0.25) is 11.8 Å². The Morgan fingerprint density at radius 3 is 2.24 bits per heavy atom. The van der Waals surface area contributed by atoms with Crippen LogP contribution in [-0.2, 0) is 26.2 Å². The second kappa shape index (κ2) is 14.2. The predicted octanol–water partition coefficient (Wildman–Crippen LogP) is 6.41. The van der Waals surface area contributed by atoms with Gasteiger partial charge in [0, 0.05) is 17.6 Å². The van der Waals surface area contributed by atoms with Crippen LogP contribution in [0.1, 0.15) is 62.1 Å². The molecule has 0 heterocycles. The van der Waals surface area contributed by atoms with Crippen LogP contribution in [0.5, 0.6) is 0 Å². The average Bonchev–Trinajstić information content (AvgIpc) is 2.99. The first kappa shape index (κ1) is 31.6. The highest BCUT2D eigenvalue weighted by Crippen LogP contribution is 2.31. The molecule has 2 amide bonds. The number of sulfonamides is 1. The van der Waals surface area contributed by atoms with Crippen molar-refractivity contribution in [2.24, 2.45) is 0 Å². The molecule has 0 aliphatic heterocycles. The zero-order valence-electron chi connectivity index (χ0n) is 24.6. The highest BCUT2D eigenvalue weighted by atomic mass is 35.5. The Balaban J connectivity index is 1.72. The van der Waals surface area contributed by atoms with Crippen LogP contribution in [0.4, 0.5) is 5.69 Å². The van der Waals surface area contributed by atoms with Crippen molar-refractivity contribution in [1.29, 1.82) is 0 Å². The van der Waals surface area contributed by atoms with Gasteiger partial charge in [-0.1, -0.05) is 91.9 Å². The summed E-state index contributed by atoms with van der Waals surface area (Å²) in [5, 5.41) is 3.57. The number of benzene rings is 3. The Labute approximate surface area is 254 Å². The summed E-state index contributed by atoms with van der Waals surface area (Å²) >= 11 is 6.41. The maximum Gasteiger partial charge on any atom is 0.264 e. The van der Waals surface area contributed by atoms with Crippen LogP contribution in [0.15, 0.2) is 77.7 Å². The minimum absolute atomic E-state index is 0.0596. The highest BCUT2D eigenvalue weighted by Gasteiger charge is 2.35. The van der Waals surface area contributed by atoms with Crippen LogP contribution < -0.4 is 9.62 Å². The molecule has 0 aromatic heterocycles. The number of carbonyl (C=O) groups is 2. The Kier molecular flexibility index (Phi) is 10.7. The molecule has 224 valence electrons. The van der Waals surface area contributed by atoms with Gasteiger partial charge in [0.15, 0.2) is 0 Å². The van der Waals surface area contributed by atoms with Crippen molar-refractivity contribution in [3.63, 3.8) is 0 Å². The standard InChI is InChI=1S/C33H40ClN3O4S/c1-4-30(33(39)35-27-12-7-5-8-13-27)36(22-26-20-18-24(2)19-21-26)32(38)23-37(31-17-11-16-29(34)25(31)3)42(40,41)28-14-9-6-10-15-28/h6,9-11,14-21,27,30H,4-5,7-8,12-13,22-23H2,1-3H3,(H,35,39)/t30-/m1/s1. The van der Waals surface area contributed by atoms with Gasteiger partial charge in [-0.25, -0.2) is 8.42 Å². The highest BCUT2D eigenvalue weighted by molar-refractivity contribution is 7.92. The van der Waals surface area contributed by atoms with Crippen molar-refractivity contribution in [2.45, 2.75) is 82.8 Å². The number of halogens is 1. The molecule has 42 heavy (non-hydrogen) atoms. The van der Waals surface area contributed by atoms with E-state index in [4.69, 9.17) is 11.6 Å². The lowest BCUT2D eigenvalue weighted by Gasteiger charge is -2.34. The summed E-state index contributed by atoms with van der Waals surface area (Å²) in [6.07, 6.45) is 5.53. The summed E-state index contributed by atoms with van der Waals surface area (Å²) in [6.45, 7) is 5.27. The molecule has 0 saturated heterocycles. The van der Waals surface area contributed by atoms with Gasteiger partial charge < -0.3 is 10.2 Å². The summed E-state index contributed by atoms with van der Waals surface area (Å²) < 4.78 is 29.1. The van der Waals surface area contributed by atoms with E-state index in [1.54, 1.807) is 43.3 Å². The first-order valence-corrected chi connectivity index (χ1v) is 16.4. The molecular weight excluding hydrogens is 570 g/mol. The van der Waals surface area contributed by atoms with Crippen LogP contribution in [0.2, 0.25) is 5.02 Å². The molecule has 1 atom stereocenters. The van der Waals surface area contributed by atoms with E-state index < -0.39 is 28.5 Å². The summed E-state index contributed by atoms with van der Waals surface area (Å²) in [7, 11) is -4.15. The fourth-order valence-corrected chi connectivity index (χ4v) is 7.12. The number of hydrogen-bond acceptors (Lipinski definition) is 4. The third-order valence-electron chi connectivity index (χ3n) is 7.93. The van der Waals surface area contributed by atoms with Crippen molar-refractivity contribution in [2.75, 3.05) is 10.8 Å². The second-order valence-corrected chi connectivity index (χ2v) is 13.3. The number of hydrogen-bond donors (Lipinski definition) is 1. The number of aryl methyl sites for hydroxylation is 1. The average molecular weight is 610 g/mol. The molecule has 3 aromatic rings. The molecule has 0 bridgehead atoms. The van der Waals surface area contributed by atoms with Crippen molar-refractivity contribution in [3.05, 3.63) is 94.5 Å². The fourth-order valence-electron chi connectivity index (χ4n) is 5.45. The molecule has 1 aliphatic rings. The zero-order valence-corrected chi connectivity index (χ0v) is 26.1. The van der Waals surface area contributed by atoms with Gasteiger partial charge in [0.25, 0.3) is 10.0 Å². The van der Waals surface area contributed by atoms with E-state index in [2.05, 4.69) is 5.32 Å². The monoisotopic (exact) mass is 609 g/mol. The molecule has 7 nitrogen and oxygen atoms in total. The van der Waals surface area contributed by atoms with E-state index in [-0.39, 0.29) is 23.4 Å². The number of amides is 2. The zero-order chi connectivity index (χ0) is 30.3. The van der Waals surface area contributed by atoms with E-state index in [0.29, 0.717) is 22.7 Å². The van der Waals surface area contributed by atoms with Crippen LogP contribution in [0.25, 0.3) is 0 Å². The predicted molar refractivity (Wildman–Crippen MR) is 168 cm³/mol. The second-order valence-electron chi connectivity index (χ2n) is 11.0. The topological polar surface area (TPSA) is 86.8 Å². The first-order chi connectivity index (χ1) is 20.1. The Morgan fingerprint density at radius 1 is 0.929 bits per heavy atom. The molecule has 1 fully saturated rings. The first-order valence-electron chi connectivity index (χ1n) is 14.6. The molecule has 9 heteroatoms. The van der Waals surface area contributed by atoms with Crippen LogP contribution >= 0.6 is 11.6 Å². The van der Waals surface area contributed by atoms with Crippen molar-refractivity contribution < 1.29 is 18.0 Å². The lowest BCUT2D eigenvalue weighted by atomic mass is 9.95. The molecule has 0 unspecified atom stereocenters. The van der Waals surface area contributed by atoms with Gasteiger partial charge in [0.05, 0.1) is 10.6 Å². The van der Waals surface area contributed by atoms with E-state index in [9.17, 15) is 18.0 Å². The molecule has 1 aliphatic carbocycles. The van der Waals surface area contributed by atoms with Crippen LogP contribution in [0.3, 0.4) is 0 Å². The maximum atomic E-state index is 14.3. The normalized spacial score (nSPS) is 14.7. The van der Waals surface area contributed by atoms with Crippen LogP contribution in [0, 0.1) is 13.8 Å². The third-order valence-corrected chi connectivity index (χ3v) is 10.1. The molecule has 1 saturated carbocycles. The SMILES string of the molecule is CC[C@H](C(=O)NC1CCCCC1)N(Cc1ccc(C)cc1)C(=O)CN(c1cccc(Cl)c1C)S(=O)(=O)c1ccccc1. The largest absolute Gasteiger partial charge is 0.352 e. The summed E-state index contributed by atoms with van der Waals surface area (Å²) in [5.74, 6) is -0.679. The van der Waals surface area contributed by atoms with Gasteiger partial charge in [-0.2, -0.15) is 0 Å². The van der Waals surface area contributed by atoms with E-state index in [1.165, 1.54) is 17.0 Å². The number of nitrogens with zero attached hydrogens (tertiary/aromatic N) is 2. The minimum Gasteiger partial charge on any atom is -0.352 e. The molecular formula is C33H40ClN3O4S. The number of anilines is 1. The quantitative estimate of drug-likeness (QED) is 0.272. The number of carbonyl (C=O) groups excluding carboxylic acids is 2. The Morgan fingerprint density at radius 2 is 1.60 bits per heavy atom. The fraction of sp³-hybridized carbons (Fsp3) is 0.394. The lowest BCUT2D eigenvalue weighted by molar-refractivity contribution is -0.140. The molecule has 0 spiro atoms. The summed E-state index contributed by atoms with van der Waals surface area (Å²) in [4.78, 5) is 29.5. The molecule has 3 aromatic carbocycles. The summed E-state index contributed by atoms with van der Waals surface area (Å²) in [6, 6.07) is 20.1. The van der Waals surface area contributed by atoms with Crippen molar-refractivity contribution >= 4 is 39.1 Å². The minimum atomic E-state index is -4.15. The summed E-state index contributed by atoms with van der Waals surface area (Å²) in [5.41, 5.74) is 2.79. The van der Waals surface area contributed by atoms with E-state index in [1.807, 2.05) is 38.1 Å². The van der Waals surface area contributed by atoms with Gasteiger partial charge in [-0.05, 0) is 68.5 Å². The van der Waals surface area contributed by atoms with Crippen molar-refractivity contribution in [3.8, 4) is 0 Å². The van der Waals surface area contributed by atoms with Gasteiger partial charge in [0.1, 0.15) is 12.6 Å². The molecule has 0 radical (unpaired) electrons. The van der Waals surface area contributed by atoms with Crippen LogP contribution in [-0.4, -0.2) is 43.8 Å². The van der Waals surface area contributed by atoms with Gasteiger partial charge in [-0.15, -0.1) is 0 Å². The Hall–Kier alpha value is -3.36. The molecule has 1 N–H and O–H groups in total. The maximum absolute atomic E-state index is 14.3. The molecule has 4 rings (SSSR count). The third kappa shape index (κ3) is 7.53. The van der Waals surface area contributed by atoms with E-state index >= 15 is 0 Å². The Bertz CT molecular complexity index is 1470. The number of rotatable bonds is 11. The van der Waals surface area contributed by atoms with E-state index in [0.717, 1.165) is 47.5 Å². The van der Waals surface area contributed by atoms with Gasteiger partial charge >= 0.3 is 0 Å². The van der Waals surface area contributed by atoms with Crippen molar-refractivity contribution in [1.82, 2.24) is 10.2 Å². The smallest absolute Gasteiger partial charge is 0.264 e.